The van der Waals surface area contributed by atoms with Crippen LogP contribution in [0.15, 0.2) is 35.1 Å². The number of nitrogens with one attached hydrogen (secondary N) is 1. The van der Waals surface area contributed by atoms with Crippen LogP contribution in [0.5, 0.6) is 0 Å². The summed E-state index contributed by atoms with van der Waals surface area (Å²) >= 11 is 3.08. The van der Waals surface area contributed by atoms with Crippen LogP contribution in [-0.4, -0.2) is 23.3 Å². The summed E-state index contributed by atoms with van der Waals surface area (Å²) < 4.78 is 45.4. The predicted molar refractivity (Wildman–Crippen MR) is 76.5 cm³/mol. The largest absolute Gasteiger partial charge is 0.416 e. The Morgan fingerprint density at radius 2 is 2.10 bits per heavy atom. The lowest BCUT2D eigenvalue weighted by molar-refractivity contribution is -0.137. The molecule has 8 heteroatoms. The summed E-state index contributed by atoms with van der Waals surface area (Å²) in [6.45, 7) is 1.04. The maximum atomic E-state index is 12.8. The Kier molecular flexibility index (Phi) is 4.89. The van der Waals surface area contributed by atoms with Crippen LogP contribution >= 0.6 is 15.9 Å². The average molecular weight is 364 g/mol. The fourth-order valence-corrected chi connectivity index (χ4v) is 2.25. The molecule has 0 aliphatic heterocycles. The molecule has 21 heavy (non-hydrogen) atoms. The molecule has 0 amide bonds. The molecule has 0 saturated carbocycles. The zero-order chi connectivity index (χ0) is 15.5. The normalized spacial score (nSPS) is 11.7. The van der Waals surface area contributed by atoms with Crippen LogP contribution < -0.4 is 5.32 Å². The highest BCUT2D eigenvalue weighted by atomic mass is 79.9. The molecule has 4 nitrogen and oxygen atoms in total. The number of imidazole rings is 1. The van der Waals surface area contributed by atoms with Gasteiger partial charge in [-0.2, -0.15) is 13.2 Å². The SMILES string of the molecule is COCCn1ccnc1Nc1cc(Br)cc(C(F)(F)F)c1. The number of alkyl halides is 3. The second-order valence-electron chi connectivity index (χ2n) is 4.29. The van der Waals surface area contributed by atoms with E-state index in [1.807, 2.05) is 0 Å². The van der Waals surface area contributed by atoms with Gasteiger partial charge in [0, 0.05) is 36.2 Å². The number of benzene rings is 1. The molecule has 0 spiro atoms. The molecule has 0 unspecified atom stereocenters. The lowest BCUT2D eigenvalue weighted by Gasteiger charge is -2.12. The van der Waals surface area contributed by atoms with E-state index in [9.17, 15) is 13.2 Å². The monoisotopic (exact) mass is 363 g/mol. The number of hydrogen-bond acceptors (Lipinski definition) is 3. The number of hydrogen-bond donors (Lipinski definition) is 1. The number of methoxy groups -OCH3 is 1. The Hall–Kier alpha value is -1.54. The lowest BCUT2D eigenvalue weighted by Crippen LogP contribution is -2.09. The van der Waals surface area contributed by atoms with Crippen LogP contribution in [0.4, 0.5) is 24.8 Å². The molecule has 1 N–H and O–H groups in total. The van der Waals surface area contributed by atoms with Crippen molar-refractivity contribution in [3.8, 4) is 0 Å². The Morgan fingerprint density at radius 3 is 2.76 bits per heavy atom. The molecule has 2 aromatic rings. The highest BCUT2D eigenvalue weighted by Crippen LogP contribution is 2.34. The molecule has 0 atom stereocenters. The number of nitrogens with zero attached hydrogens (tertiary/aromatic N) is 2. The van der Waals surface area contributed by atoms with Gasteiger partial charge in [-0.15, -0.1) is 0 Å². The van der Waals surface area contributed by atoms with Crippen LogP contribution in [0, 0.1) is 0 Å². The van der Waals surface area contributed by atoms with Crippen molar-refractivity contribution in [2.24, 2.45) is 0 Å². The van der Waals surface area contributed by atoms with Crippen LogP contribution in [-0.2, 0) is 17.5 Å². The minimum Gasteiger partial charge on any atom is -0.383 e. The fourth-order valence-electron chi connectivity index (χ4n) is 1.76. The molecule has 114 valence electrons. The Bertz CT molecular complexity index is 613. The van der Waals surface area contributed by atoms with Crippen LogP contribution in [0.3, 0.4) is 0 Å². The molecule has 1 aromatic carbocycles. The van der Waals surface area contributed by atoms with Crippen molar-refractivity contribution < 1.29 is 17.9 Å². The van der Waals surface area contributed by atoms with E-state index in [4.69, 9.17) is 4.74 Å². The van der Waals surface area contributed by atoms with Gasteiger partial charge in [0.25, 0.3) is 0 Å². The number of rotatable bonds is 5. The second-order valence-corrected chi connectivity index (χ2v) is 5.20. The average Bonchev–Trinajstić information content (AvgIpc) is 2.82. The standard InChI is InChI=1S/C13H13BrF3N3O/c1-21-5-4-20-3-2-18-12(20)19-11-7-9(13(15,16)17)6-10(14)8-11/h2-3,6-8H,4-5H2,1H3,(H,18,19). The first-order valence-electron chi connectivity index (χ1n) is 6.05. The molecular formula is C13H13BrF3N3O. The van der Waals surface area contributed by atoms with E-state index >= 15 is 0 Å². The van der Waals surface area contributed by atoms with Crippen molar-refractivity contribution in [3.63, 3.8) is 0 Å². The molecule has 0 aliphatic carbocycles. The smallest absolute Gasteiger partial charge is 0.383 e. The number of ether oxygens (including phenoxy) is 1. The quantitative estimate of drug-likeness (QED) is 0.870. The van der Waals surface area contributed by atoms with Gasteiger partial charge in [-0.25, -0.2) is 4.98 Å². The summed E-state index contributed by atoms with van der Waals surface area (Å²) in [4.78, 5) is 4.09. The highest BCUT2D eigenvalue weighted by Gasteiger charge is 2.31. The van der Waals surface area contributed by atoms with Crippen LogP contribution in [0.1, 0.15) is 5.56 Å². The molecule has 2 rings (SSSR count). The van der Waals surface area contributed by atoms with E-state index in [2.05, 4.69) is 26.2 Å². The van der Waals surface area contributed by atoms with Gasteiger partial charge in [0.1, 0.15) is 0 Å². The van der Waals surface area contributed by atoms with Crippen molar-refractivity contribution in [2.45, 2.75) is 12.7 Å². The minimum atomic E-state index is -4.40. The Balaban J connectivity index is 2.24. The molecule has 0 radical (unpaired) electrons. The first kappa shape index (κ1) is 15.8. The predicted octanol–water partition coefficient (Wildman–Crippen LogP) is 4.05. The van der Waals surface area contributed by atoms with Crippen molar-refractivity contribution in [3.05, 3.63) is 40.6 Å². The fraction of sp³-hybridized carbons (Fsp3) is 0.308. The van der Waals surface area contributed by atoms with Gasteiger partial charge in [-0.1, -0.05) is 15.9 Å². The molecule has 1 aromatic heterocycles. The summed E-state index contributed by atoms with van der Waals surface area (Å²) in [7, 11) is 1.58. The number of halogens is 4. The van der Waals surface area contributed by atoms with Crippen molar-refractivity contribution in [1.29, 1.82) is 0 Å². The van der Waals surface area contributed by atoms with E-state index < -0.39 is 11.7 Å². The number of aromatic nitrogens is 2. The third-order valence-electron chi connectivity index (χ3n) is 2.73. The molecule has 0 fully saturated rings. The van der Waals surface area contributed by atoms with Crippen molar-refractivity contribution >= 4 is 27.6 Å². The summed E-state index contributed by atoms with van der Waals surface area (Å²) in [5.41, 5.74) is -0.420. The highest BCUT2D eigenvalue weighted by molar-refractivity contribution is 9.10. The van der Waals surface area contributed by atoms with Crippen LogP contribution in [0.2, 0.25) is 0 Å². The van der Waals surface area contributed by atoms with Gasteiger partial charge in [0.2, 0.25) is 5.95 Å². The van der Waals surface area contributed by atoms with Gasteiger partial charge in [0.15, 0.2) is 0 Å². The molecule has 0 bridgehead atoms. The zero-order valence-corrected chi connectivity index (χ0v) is 12.7. The summed E-state index contributed by atoms with van der Waals surface area (Å²) in [6.07, 6.45) is -1.10. The first-order chi connectivity index (χ1) is 9.90. The van der Waals surface area contributed by atoms with Gasteiger partial charge < -0.3 is 14.6 Å². The maximum absolute atomic E-state index is 12.8. The first-order valence-corrected chi connectivity index (χ1v) is 6.84. The second kappa shape index (κ2) is 6.48. The Labute approximate surface area is 128 Å². The van der Waals surface area contributed by atoms with Gasteiger partial charge in [-0.05, 0) is 18.2 Å². The third kappa shape index (κ3) is 4.21. The summed E-state index contributed by atoms with van der Waals surface area (Å²) in [5.74, 6) is 0.457. The van der Waals surface area contributed by atoms with E-state index in [-0.39, 0.29) is 0 Å². The van der Waals surface area contributed by atoms with E-state index in [0.717, 1.165) is 12.1 Å². The Morgan fingerprint density at radius 1 is 1.33 bits per heavy atom. The minimum absolute atomic E-state index is 0.307. The maximum Gasteiger partial charge on any atom is 0.416 e. The number of anilines is 2. The molecular weight excluding hydrogens is 351 g/mol. The zero-order valence-electron chi connectivity index (χ0n) is 11.1. The van der Waals surface area contributed by atoms with E-state index in [0.29, 0.717) is 29.3 Å². The van der Waals surface area contributed by atoms with E-state index in [1.54, 1.807) is 30.1 Å². The molecule has 0 aliphatic rings. The third-order valence-corrected chi connectivity index (χ3v) is 3.19. The lowest BCUT2D eigenvalue weighted by atomic mass is 10.2. The van der Waals surface area contributed by atoms with Gasteiger partial charge in [-0.3, -0.25) is 0 Å². The van der Waals surface area contributed by atoms with Gasteiger partial charge in [0.05, 0.1) is 12.2 Å². The van der Waals surface area contributed by atoms with Crippen molar-refractivity contribution in [1.82, 2.24) is 9.55 Å². The topological polar surface area (TPSA) is 39.1 Å². The van der Waals surface area contributed by atoms with E-state index in [1.165, 1.54) is 0 Å². The summed E-state index contributed by atoms with van der Waals surface area (Å²) in [6, 6.07) is 3.63. The molecule has 1 heterocycles. The van der Waals surface area contributed by atoms with Gasteiger partial charge >= 0.3 is 6.18 Å². The van der Waals surface area contributed by atoms with Crippen LogP contribution in [0.25, 0.3) is 0 Å². The van der Waals surface area contributed by atoms with Crippen molar-refractivity contribution in [2.75, 3.05) is 19.0 Å². The summed E-state index contributed by atoms with van der Waals surface area (Å²) in [5, 5.41) is 2.88. The molecule has 0 saturated heterocycles.